The van der Waals surface area contributed by atoms with Crippen LogP contribution in [0.15, 0.2) is 0 Å². The number of alkyl halides is 2. The molecule has 6 nitrogen and oxygen atoms in total. The third-order valence-corrected chi connectivity index (χ3v) is 1.58. The number of rotatable bonds is 7. The maximum absolute atomic E-state index is 12.6. The average Bonchev–Trinajstić information content (AvgIpc) is 2.21. The summed E-state index contributed by atoms with van der Waals surface area (Å²) in [6, 6.07) is 1.75. The summed E-state index contributed by atoms with van der Waals surface area (Å²) in [7, 11) is 0. The van der Waals surface area contributed by atoms with Crippen molar-refractivity contribution in [1.29, 1.82) is 5.26 Å². The van der Waals surface area contributed by atoms with Gasteiger partial charge in [0.05, 0.1) is 12.7 Å². The molecule has 9 heteroatoms. The molecule has 0 unspecified atom stereocenters. The predicted octanol–water partition coefficient (Wildman–Crippen LogP) is 1.50. The highest BCUT2D eigenvalue weighted by Crippen LogP contribution is 2.31. The smallest absolute Gasteiger partial charge is 0.415 e. The zero-order chi connectivity index (χ0) is 11.7. The maximum atomic E-state index is 12.6. The zero-order valence-corrected chi connectivity index (χ0v) is 8.13. The first-order valence-electron chi connectivity index (χ1n) is 3.62. The number of unbranched alkanes of at least 4 members (excludes halogenated alkanes) is 1. The number of nitriles is 1. The van der Waals surface area contributed by atoms with E-state index in [1.807, 2.05) is 0 Å². The van der Waals surface area contributed by atoms with Gasteiger partial charge in [0.1, 0.15) is 12.0 Å². The Kier molecular flexibility index (Phi) is 6.89. The second-order valence-corrected chi connectivity index (χ2v) is 2.96. The Morgan fingerprint density at radius 1 is 1.60 bits per heavy atom. The lowest BCUT2D eigenvalue weighted by Crippen LogP contribution is -2.27. The Labute approximate surface area is 87.8 Å². The molecule has 0 aliphatic rings. The number of carbonyl (C=O) groups is 1. The van der Waals surface area contributed by atoms with Crippen molar-refractivity contribution in [2.75, 3.05) is 6.61 Å². The Bertz CT molecular complexity index is 244. The summed E-state index contributed by atoms with van der Waals surface area (Å²) >= 11 is -0.694. The molecule has 0 radical (unpaired) electrons. The molecular formula is C6H7F2NO5S. The zero-order valence-electron chi connectivity index (χ0n) is 7.31. The highest BCUT2D eigenvalue weighted by molar-refractivity contribution is 7.96. The number of hydrogen-bond donors (Lipinski definition) is 1. The molecule has 0 aliphatic carbocycles. The van der Waals surface area contributed by atoms with Crippen LogP contribution in [0.5, 0.6) is 0 Å². The summed E-state index contributed by atoms with van der Waals surface area (Å²) in [4.78, 5) is 10.6. The van der Waals surface area contributed by atoms with Gasteiger partial charge in [-0.05, 0) is 6.42 Å². The normalized spacial score (nSPS) is 10.8. The first kappa shape index (κ1) is 14.0. The molecule has 1 N–H and O–H groups in total. The van der Waals surface area contributed by atoms with E-state index < -0.39 is 23.3 Å². The van der Waals surface area contributed by atoms with E-state index in [0.717, 1.165) is 0 Å². The molecule has 0 fully saturated rings. The van der Waals surface area contributed by atoms with E-state index in [1.54, 1.807) is 6.07 Å². The van der Waals surface area contributed by atoms with Crippen molar-refractivity contribution in [3.05, 3.63) is 0 Å². The van der Waals surface area contributed by atoms with Crippen LogP contribution in [0, 0.1) is 11.3 Å². The fourth-order valence-electron chi connectivity index (χ4n) is 0.492. The maximum Gasteiger partial charge on any atom is 0.415 e. The van der Waals surface area contributed by atoms with Crippen molar-refractivity contribution in [2.24, 2.45) is 0 Å². The molecule has 0 aromatic carbocycles. The molecule has 0 heterocycles. The standard InChI is InChI=1S/C6H7F2NO5S/c7-6(8,15-14-13-11)5(10)12-4-2-1-3-9/h11H,1-2,4H2. The number of halogens is 2. The van der Waals surface area contributed by atoms with Crippen molar-refractivity contribution in [1.82, 2.24) is 0 Å². The molecule has 0 amide bonds. The van der Waals surface area contributed by atoms with E-state index in [1.165, 1.54) is 0 Å². The van der Waals surface area contributed by atoms with E-state index in [9.17, 15) is 13.6 Å². The van der Waals surface area contributed by atoms with Crippen LogP contribution in [0.4, 0.5) is 8.78 Å². The van der Waals surface area contributed by atoms with Gasteiger partial charge >= 0.3 is 11.2 Å². The quantitative estimate of drug-likeness (QED) is 0.238. The average molecular weight is 243 g/mol. The molecule has 0 spiro atoms. The van der Waals surface area contributed by atoms with Crippen LogP contribution in [0.1, 0.15) is 12.8 Å². The molecule has 15 heavy (non-hydrogen) atoms. The molecule has 0 bridgehead atoms. The number of esters is 1. The topological polar surface area (TPSA) is 88.8 Å². The van der Waals surface area contributed by atoms with E-state index in [-0.39, 0.29) is 19.4 Å². The fraction of sp³-hybridized carbons (Fsp3) is 0.667. The van der Waals surface area contributed by atoms with E-state index in [0.29, 0.717) is 0 Å². The molecule has 0 atom stereocenters. The van der Waals surface area contributed by atoms with Crippen molar-refractivity contribution < 1.29 is 32.9 Å². The number of carbonyl (C=O) groups excluding carboxylic acids is 1. The van der Waals surface area contributed by atoms with Gasteiger partial charge < -0.3 is 4.74 Å². The SMILES string of the molecule is N#CCCCOC(=O)C(F)(F)SOOO. The number of ether oxygens (including phenoxy) is 1. The molecule has 0 rings (SSSR count). The van der Waals surface area contributed by atoms with E-state index in [2.05, 4.69) is 14.1 Å². The van der Waals surface area contributed by atoms with E-state index >= 15 is 0 Å². The summed E-state index contributed by atoms with van der Waals surface area (Å²) in [5.41, 5.74) is 0. The summed E-state index contributed by atoms with van der Waals surface area (Å²) in [5.74, 6) is -1.83. The van der Waals surface area contributed by atoms with Crippen LogP contribution in [-0.2, 0) is 18.9 Å². The Hall–Kier alpha value is -0.950. The van der Waals surface area contributed by atoms with Gasteiger partial charge in [-0.2, -0.15) is 14.0 Å². The summed E-state index contributed by atoms with van der Waals surface area (Å²) in [6.07, 6.45) is 0.266. The van der Waals surface area contributed by atoms with Crippen molar-refractivity contribution in [2.45, 2.75) is 18.1 Å². The first-order chi connectivity index (χ1) is 7.04. The lowest BCUT2D eigenvalue weighted by molar-refractivity contribution is -0.433. The van der Waals surface area contributed by atoms with Crippen LogP contribution in [0.25, 0.3) is 0 Å². The number of nitrogens with zero attached hydrogens (tertiary/aromatic N) is 1. The fourth-order valence-corrected chi connectivity index (χ4v) is 0.735. The van der Waals surface area contributed by atoms with Gasteiger partial charge in [-0.25, -0.2) is 10.1 Å². The molecule has 0 saturated heterocycles. The molecular weight excluding hydrogens is 236 g/mol. The van der Waals surface area contributed by atoms with Crippen LogP contribution in [0.3, 0.4) is 0 Å². The number of hydrogen-bond acceptors (Lipinski definition) is 7. The lowest BCUT2D eigenvalue weighted by Gasteiger charge is -2.11. The van der Waals surface area contributed by atoms with Gasteiger partial charge in [0, 0.05) is 6.42 Å². The molecule has 0 aromatic heterocycles. The van der Waals surface area contributed by atoms with Gasteiger partial charge in [-0.3, -0.25) is 0 Å². The first-order valence-corrected chi connectivity index (χ1v) is 4.36. The summed E-state index contributed by atoms with van der Waals surface area (Å²) < 4.78 is 32.8. The van der Waals surface area contributed by atoms with Crippen LogP contribution in [-0.4, -0.2) is 23.1 Å². The molecule has 0 saturated carbocycles. The van der Waals surface area contributed by atoms with Gasteiger partial charge in [-0.15, -0.1) is 4.33 Å². The molecule has 0 aliphatic heterocycles. The highest BCUT2D eigenvalue weighted by atomic mass is 32.2. The third-order valence-electron chi connectivity index (χ3n) is 1.07. The predicted molar refractivity (Wildman–Crippen MR) is 43.1 cm³/mol. The van der Waals surface area contributed by atoms with Gasteiger partial charge in [0.25, 0.3) is 0 Å². The van der Waals surface area contributed by atoms with Crippen LogP contribution >= 0.6 is 12.0 Å². The van der Waals surface area contributed by atoms with Crippen molar-refractivity contribution >= 4 is 18.0 Å². The highest BCUT2D eigenvalue weighted by Gasteiger charge is 2.44. The largest absolute Gasteiger partial charge is 0.460 e. The second-order valence-electron chi connectivity index (χ2n) is 2.14. The Morgan fingerprint density at radius 3 is 2.80 bits per heavy atom. The minimum atomic E-state index is -3.98. The van der Waals surface area contributed by atoms with Gasteiger partial charge in [0.2, 0.25) is 0 Å². The summed E-state index contributed by atoms with van der Waals surface area (Å²) in [6.45, 7) is -0.289. The Morgan fingerprint density at radius 2 is 2.27 bits per heavy atom. The lowest BCUT2D eigenvalue weighted by atomic mass is 10.3. The van der Waals surface area contributed by atoms with Crippen LogP contribution < -0.4 is 0 Å². The minimum Gasteiger partial charge on any atom is -0.460 e. The second kappa shape index (κ2) is 7.36. The van der Waals surface area contributed by atoms with Crippen molar-refractivity contribution in [3.8, 4) is 6.07 Å². The molecule has 86 valence electrons. The minimum absolute atomic E-state index is 0.0994. The van der Waals surface area contributed by atoms with E-state index in [4.69, 9.17) is 10.5 Å². The molecule has 0 aromatic rings. The third kappa shape index (κ3) is 6.19. The van der Waals surface area contributed by atoms with Crippen LogP contribution in [0.2, 0.25) is 0 Å². The monoisotopic (exact) mass is 243 g/mol. The summed E-state index contributed by atoms with van der Waals surface area (Å²) in [5, 5.41) is 14.6. The van der Waals surface area contributed by atoms with Crippen molar-refractivity contribution in [3.63, 3.8) is 0 Å². The Balaban J connectivity index is 3.81. The van der Waals surface area contributed by atoms with Gasteiger partial charge in [0.15, 0.2) is 0 Å². The van der Waals surface area contributed by atoms with Gasteiger partial charge in [-0.1, -0.05) is 5.04 Å².